The van der Waals surface area contributed by atoms with Gasteiger partial charge in [0, 0.05) is 5.69 Å². The summed E-state index contributed by atoms with van der Waals surface area (Å²) in [5.74, 6) is 0.819. The van der Waals surface area contributed by atoms with Gasteiger partial charge in [0.25, 0.3) is 0 Å². The van der Waals surface area contributed by atoms with Crippen LogP contribution in [0.2, 0.25) is 0 Å². The number of nitrogens with zero attached hydrogens (tertiary/aromatic N) is 1. The van der Waals surface area contributed by atoms with E-state index in [0.29, 0.717) is 5.82 Å². The van der Waals surface area contributed by atoms with Crippen LogP contribution in [0.25, 0.3) is 0 Å². The highest BCUT2D eigenvalue weighted by Crippen LogP contribution is 2.35. The van der Waals surface area contributed by atoms with Crippen molar-refractivity contribution in [3.05, 3.63) is 23.4 Å². The van der Waals surface area contributed by atoms with Crippen molar-refractivity contribution < 1.29 is 4.79 Å². The summed E-state index contributed by atoms with van der Waals surface area (Å²) in [4.78, 5) is 17.1. The Hall–Kier alpha value is -1.42. The van der Waals surface area contributed by atoms with Crippen molar-refractivity contribution in [2.45, 2.75) is 46.5 Å². The Morgan fingerprint density at radius 1 is 1.35 bits per heavy atom. The minimum Gasteiger partial charge on any atom is -0.317 e. The molecule has 0 saturated carbocycles. The van der Waals surface area contributed by atoms with Crippen molar-refractivity contribution in [1.82, 2.24) is 10.3 Å². The molecule has 1 aromatic heterocycles. The predicted octanol–water partition coefficient (Wildman–Crippen LogP) is 2.81. The number of hydrogen-bond acceptors (Lipinski definition) is 3. The van der Waals surface area contributed by atoms with Gasteiger partial charge in [0.15, 0.2) is 0 Å². The number of carbonyl (C=O) groups excluding carboxylic acids is 1. The molecule has 1 aliphatic heterocycles. The maximum absolute atomic E-state index is 12.7. The molecule has 0 atom stereocenters. The Morgan fingerprint density at radius 2 is 2.05 bits per heavy atom. The quantitative estimate of drug-likeness (QED) is 0.888. The Bertz CT molecular complexity index is 453. The molecule has 0 spiro atoms. The summed E-state index contributed by atoms with van der Waals surface area (Å²) in [5, 5.41) is 6.38. The van der Waals surface area contributed by atoms with E-state index >= 15 is 0 Å². The van der Waals surface area contributed by atoms with E-state index < -0.39 is 0 Å². The number of anilines is 1. The van der Waals surface area contributed by atoms with Gasteiger partial charge in [-0.15, -0.1) is 0 Å². The standard InChI is InChI=1S/C16H25N3O/c1-4-5-16(6-8-17-9-7-16)15(20)19-14-11-12(2)10-13(3)18-14/h10-11,17H,4-9H2,1-3H3,(H,18,19,20). The maximum atomic E-state index is 12.7. The molecule has 0 unspecified atom stereocenters. The number of piperidine rings is 1. The third kappa shape index (κ3) is 3.37. The first-order chi connectivity index (χ1) is 9.55. The minimum absolute atomic E-state index is 0.137. The highest BCUT2D eigenvalue weighted by molar-refractivity contribution is 5.94. The number of amides is 1. The summed E-state index contributed by atoms with van der Waals surface area (Å²) in [6.45, 7) is 7.97. The highest BCUT2D eigenvalue weighted by atomic mass is 16.2. The molecule has 2 heterocycles. The van der Waals surface area contributed by atoms with Crippen molar-refractivity contribution in [3.8, 4) is 0 Å². The van der Waals surface area contributed by atoms with Crippen LogP contribution in [-0.4, -0.2) is 24.0 Å². The molecule has 1 fully saturated rings. The Balaban J connectivity index is 2.15. The van der Waals surface area contributed by atoms with Crippen LogP contribution in [0, 0.1) is 19.3 Å². The molecule has 20 heavy (non-hydrogen) atoms. The summed E-state index contributed by atoms with van der Waals surface area (Å²) in [6.07, 6.45) is 3.81. The topological polar surface area (TPSA) is 54.0 Å². The van der Waals surface area contributed by atoms with E-state index in [0.717, 1.165) is 50.0 Å². The van der Waals surface area contributed by atoms with Crippen LogP contribution in [0.5, 0.6) is 0 Å². The van der Waals surface area contributed by atoms with Gasteiger partial charge < -0.3 is 10.6 Å². The van der Waals surface area contributed by atoms with Crippen molar-refractivity contribution in [2.75, 3.05) is 18.4 Å². The normalized spacial score (nSPS) is 17.8. The van der Waals surface area contributed by atoms with E-state index in [9.17, 15) is 4.79 Å². The number of carbonyl (C=O) groups is 1. The van der Waals surface area contributed by atoms with Crippen LogP contribution in [0.3, 0.4) is 0 Å². The molecule has 1 amide bonds. The smallest absolute Gasteiger partial charge is 0.231 e. The molecule has 2 N–H and O–H groups in total. The molecule has 1 aromatic rings. The van der Waals surface area contributed by atoms with Crippen LogP contribution in [0.4, 0.5) is 5.82 Å². The van der Waals surface area contributed by atoms with Crippen LogP contribution < -0.4 is 10.6 Å². The number of pyridine rings is 1. The molecule has 110 valence electrons. The van der Waals surface area contributed by atoms with Gasteiger partial charge in [-0.25, -0.2) is 4.98 Å². The molecule has 1 aliphatic rings. The number of aryl methyl sites for hydroxylation is 2. The Morgan fingerprint density at radius 3 is 2.65 bits per heavy atom. The summed E-state index contributed by atoms with van der Waals surface area (Å²) in [7, 11) is 0. The molecular formula is C16H25N3O. The predicted molar refractivity (Wildman–Crippen MR) is 81.8 cm³/mol. The summed E-state index contributed by atoms with van der Waals surface area (Å²) in [5.41, 5.74) is 1.84. The molecule has 4 heteroatoms. The molecule has 0 aromatic carbocycles. The van der Waals surface area contributed by atoms with Gasteiger partial charge in [-0.05, 0) is 63.9 Å². The third-order valence-electron chi connectivity index (χ3n) is 4.11. The zero-order valence-electron chi connectivity index (χ0n) is 12.8. The number of aromatic nitrogens is 1. The fraction of sp³-hybridized carbons (Fsp3) is 0.625. The molecule has 2 rings (SSSR count). The summed E-state index contributed by atoms with van der Waals surface area (Å²) >= 11 is 0. The maximum Gasteiger partial charge on any atom is 0.231 e. The average Bonchev–Trinajstić information content (AvgIpc) is 2.38. The van der Waals surface area contributed by atoms with Crippen molar-refractivity contribution in [1.29, 1.82) is 0 Å². The second-order valence-corrected chi connectivity index (χ2v) is 5.91. The molecule has 0 radical (unpaired) electrons. The molecule has 1 saturated heterocycles. The van der Waals surface area contributed by atoms with E-state index in [1.54, 1.807) is 0 Å². The van der Waals surface area contributed by atoms with Crippen LogP contribution in [0.15, 0.2) is 12.1 Å². The monoisotopic (exact) mass is 275 g/mol. The van der Waals surface area contributed by atoms with Crippen LogP contribution in [0.1, 0.15) is 43.9 Å². The fourth-order valence-electron chi connectivity index (χ4n) is 3.13. The highest BCUT2D eigenvalue weighted by Gasteiger charge is 2.38. The van der Waals surface area contributed by atoms with Crippen LogP contribution in [-0.2, 0) is 4.79 Å². The number of rotatable bonds is 4. The lowest BCUT2D eigenvalue weighted by atomic mass is 9.74. The Labute approximate surface area is 121 Å². The lowest BCUT2D eigenvalue weighted by molar-refractivity contribution is -0.127. The third-order valence-corrected chi connectivity index (χ3v) is 4.11. The SMILES string of the molecule is CCCC1(C(=O)Nc2cc(C)cc(C)n2)CCNCC1. The first-order valence-corrected chi connectivity index (χ1v) is 7.53. The largest absolute Gasteiger partial charge is 0.317 e. The zero-order valence-corrected chi connectivity index (χ0v) is 12.8. The van der Waals surface area contributed by atoms with E-state index in [2.05, 4.69) is 22.5 Å². The number of nitrogens with one attached hydrogen (secondary N) is 2. The summed E-state index contributed by atoms with van der Waals surface area (Å²) < 4.78 is 0. The number of hydrogen-bond donors (Lipinski definition) is 2. The van der Waals surface area contributed by atoms with Crippen LogP contribution >= 0.6 is 0 Å². The van der Waals surface area contributed by atoms with Crippen molar-refractivity contribution in [2.24, 2.45) is 5.41 Å². The minimum atomic E-state index is -0.223. The first kappa shape index (κ1) is 15.0. The van der Waals surface area contributed by atoms with Crippen molar-refractivity contribution >= 4 is 11.7 Å². The lowest BCUT2D eigenvalue weighted by Gasteiger charge is -2.36. The van der Waals surface area contributed by atoms with Gasteiger partial charge in [0.1, 0.15) is 5.82 Å². The van der Waals surface area contributed by atoms with Gasteiger partial charge in [0.2, 0.25) is 5.91 Å². The average molecular weight is 275 g/mol. The van der Waals surface area contributed by atoms with E-state index in [1.807, 2.05) is 26.0 Å². The molecule has 4 nitrogen and oxygen atoms in total. The van der Waals surface area contributed by atoms with Gasteiger partial charge >= 0.3 is 0 Å². The van der Waals surface area contributed by atoms with Gasteiger partial charge in [-0.2, -0.15) is 0 Å². The van der Waals surface area contributed by atoms with E-state index in [-0.39, 0.29) is 11.3 Å². The van der Waals surface area contributed by atoms with Gasteiger partial charge in [-0.3, -0.25) is 4.79 Å². The summed E-state index contributed by atoms with van der Waals surface area (Å²) in [6, 6.07) is 3.95. The Kier molecular flexibility index (Phi) is 4.76. The molecule has 0 aliphatic carbocycles. The zero-order chi connectivity index (χ0) is 14.6. The first-order valence-electron chi connectivity index (χ1n) is 7.53. The van der Waals surface area contributed by atoms with E-state index in [1.165, 1.54) is 0 Å². The van der Waals surface area contributed by atoms with Crippen molar-refractivity contribution in [3.63, 3.8) is 0 Å². The van der Waals surface area contributed by atoms with Gasteiger partial charge in [0.05, 0.1) is 5.41 Å². The second-order valence-electron chi connectivity index (χ2n) is 5.91. The molecule has 0 bridgehead atoms. The molecular weight excluding hydrogens is 250 g/mol. The second kappa shape index (κ2) is 6.35. The van der Waals surface area contributed by atoms with E-state index in [4.69, 9.17) is 0 Å². The fourth-order valence-corrected chi connectivity index (χ4v) is 3.13. The van der Waals surface area contributed by atoms with Gasteiger partial charge in [-0.1, -0.05) is 13.3 Å². The lowest BCUT2D eigenvalue weighted by Crippen LogP contribution is -2.45.